The molecule has 0 heterocycles. The maximum atomic E-state index is 10.1. The average Bonchev–Trinajstić information content (AvgIpc) is 1.83. The summed E-state index contributed by atoms with van der Waals surface area (Å²) >= 11 is 4.37. The van der Waals surface area contributed by atoms with Crippen molar-refractivity contribution in [1.82, 2.24) is 5.32 Å². The zero-order chi connectivity index (χ0) is 6.41. The first-order chi connectivity index (χ1) is 3.81. The van der Waals surface area contributed by atoms with Crippen molar-refractivity contribution in [3.8, 4) is 0 Å². The van der Waals surface area contributed by atoms with E-state index in [1.165, 1.54) is 18.7 Å². The summed E-state index contributed by atoms with van der Waals surface area (Å²) in [5.41, 5.74) is 0. The van der Waals surface area contributed by atoms with Crippen LogP contribution in [-0.4, -0.2) is 13.2 Å². The fourth-order valence-corrected chi connectivity index (χ4v) is 0.229. The Kier molecular flexibility index (Phi) is 10.4. The van der Waals surface area contributed by atoms with Crippen molar-refractivity contribution in [2.45, 2.75) is 0 Å². The molecule has 0 aromatic heterocycles. The maximum absolute atomic E-state index is 10.1. The second-order valence-corrected chi connectivity index (χ2v) is 1.21. The topological polar surface area (TPSA) is 38.3 Å². The molecule has 0 bridgehead atoms. The van der Waals surface area contributed by atoms with Crippen molar-refractivity contribution in [2.75, 3.05) is 7.11 Å². The van der Waals surface area contributed by atoms with Crippen molar-refractivity contribution >= 4 is 18.7 Å². The number of hydrogen-bond acceptors (Lipinski definition) is 3. The van der Waals surface area contributed by atoms with Gasteiger partial charge in [0.05, 0.1) is 7.11 Å². The first kappa shape index (κ1) is 11.7. The minimum atomic E-state index is -0.508. The number of hydrogen-bond donors (Lipinski definition) is 1. The first-order valence-electron chi connectivity index (χ1n) is 1.92. The van der Waals surface area contributed by atoms with Crippen LogP contribution < -0.4 is 5.32 Å². The number of methoxy groups -OCH3 is 1. The minimum Gasteiger partial charge on any atom is -0.786 e. The van der Waals surface area contributed by atoms with Gasteiger partial charge in [0.2, 0.25) is 0 Å². The molecule has 56 valence electrons. The quantitative estimate of drug-likeness (QED) is 0.531. The van der Waals surface area contributed by atoms with Gasteiger partial charge in [-0.1, -0.05) is 0 Å². The third kappa shape index (κ3) is 7.97. The molecule has 0 aromatic rings. The Morgan fingerprint density at radius 2 is 2.33 bits per heavy atom. The van der Waals surface area contributed by atoms with Gasteiger partial charge < -0.3 is 22.7 Å². The predicted octanol–water partition coefficient (Wildman–Crippen LogP) is 0.358. The van der Waals surface area contributed by atoms with Gasteiger partial charge in [0.15, 0.2) is 0 Å². The summed E-state index contributed by atoms with van der Waals surface area (Å²) in [4.78, 5) is 10.1. The Balaban J connectivity index is 0. The molecule has 0 fully saturated rings. The van der Waals surface area contributed by atoms with Gasteiger partial charge in [0.1, 0.15) is 0 Å². The number of carbonyl (C=O) groups is 1. The van der Waals surface area contributed by atoms with E-state index >= 15 is 0 Å². The second kappa shape index (κ2) is 7.97. The van der Waals surface area contributed by atoms with Crippen molar-refractivity contribution in [3.05, 3.63) is 11.6 Å². The number of amides is 1. The third-order valence-corrected chi connectivity index (χ3v) is 0.591. The summed E-state index contributed by atoms with van der Waals surface area (Å²) in [5.74, 6) is 0. The summed E-state index contributed by atoms with van der Waals surface area (Å²) < 4.78 is 4.20. The Morgan fingerprint density at radius 1 is 1.78 bits per heavy atom. The van der Waals surface area contributed by atoms with Gasteiger partial charge in [-0.15, -0.1) is 0 Å². The molecule has 0 aliphatic heterocycles. The summed E-state index contributed by atoms with van der Waals surface area (Å²) in [5, 5.41) is 3.52. The molecule has 0 radical (unpaired) electrons. The zero-order valence-corrected chi connectivity index (χ0v) is 6.98. The number of nitrogens with one attached hydrogen (secondary N) is 1. The molecule has 0 unspecified atom stereocenters. The average molecular weight is 240 g/mol. The van der Waals surface area contributed by atoms with Crippen LogP contribution in [-0.2, 0) is 39.7 Å². The van der Waals surface area contributed by atoms with Crippen LogP contribution in [0.15, 0.2) is 11.6 Å². The molecule has 5 heteroatoms. The van der Waals surface area contributed by atoms with Crippen molar-refractivity contribution in [3.63, 3.8) is 0 Å². The van der Waals surface area contributed by atoms with Crippen LogP contribution in [0.1, 0.15) is 0 Å². The first-order valence-corrected chi connectivity index (χ1v) is 2.40. The summed E-state index contributed by atoms with van der Waals surface area (Å²) in [7, 11) is 1.28. The van der Waals surface area contributed by atoms with Crippen LogP contribution in [0.3, 0.4) is 0 Å². The maximum Gasteiger partial charge on any atom is 1.00 e. The molecule has 9 heavy (non-hydrogen) atoms. The van der Waals surface area contributed by atoms with E-state index in [2.05, 4.69) is 22.7 Å². The Labute approximate surface area is 74.8 Å². The van der Waals surface area contributed by atoms with Gasteiger partial charge in [0, 0.05) is 0 Å². The molecule has 0 aromatic carbocycles. The molecule has 0 rings (SSSR count). The van der Waals surface area contributed by atoms with Crippen LogP contribution in [0, 0.1) is 0 Å². The Bertz CT molecular complexity index is 107. The van der Waals surface area contributed by atoms with E-state index in [0.29, 0.717) is 0 Å². The van der Waals surface area contributed by atoms with Gasteiger partial charge >= 0.3 is 28.5 Å². The molecule has 0 saturated heterocycles. The molecule has 0 spiro atoms. The SMILES string of the molecule is COC(=O)N/C=C\[S-].[Ag+]. The van der Waals surface area contributed by atoms with E-state index in [1.54, 1.807) is 0 Å². The van der Waals surface area contributed by atoms with E-state index < -0.39 is 6.09 Å². The molecule has 3 nitrogen and oxygen atoms in total. The molecule has 0 saturated carbocycles. The largest absolute Gasteiger partial charge is 1.00 e. The Hall–Kier alpha value is -0.0297. The molecule has 1 amide bonds. The monoisotopic (exact) mass is 239 g/mol. The van der Waals surface area contributed by atoms with E-state index in [-0.39, 0.29) is 22.4 Å². The number of carbonyl (C=O) groups excluding carboxylic acids is 1. The van der Waals surface area contributed by atoms with Gasteiger partial charge in [0.25, 0.3) is 0 Å². The molecule has 0 atom stereocenters. The molecular formula is C4H6AgNO2S. The van der Waals surface area contributed by atoms with Crippen molar-refractivity contribution < 1.29 is 31.9 Å². The standard InChI is InChI=1S/C4H7NO2S.Ag/c1-7-4(6)5-2-3-8;/h2-3,8H,1H3,(H,5,6);/q;+1/p-1/b3-2-;. The molecule has 1 N–H and O–H groups in total. The second-order valence-electron chi connectivity index (χ2n) is 0.939. The smallest absolute Gasteiger partial charge is 0.786 e. The van der Waals surface area contributed by atoms with Crippen LogP contribution in [0.4, 0.5) is 4.79 Å². The molecule has 0 aliphatic carbocycles. The van der Waals surface area contributed by atoms with Crippen molar-refractivity contribution in [1.29, 1.82) is 0 Å². The Morgan fingerprint density at radius 3 is 2.67 bits per heavy atom. The van der Waals surface area contributed by atoms with E-state index in [9.17, 15) is 4.79 Å². The van der Waals surface area contributed by atoms with Crippen LogP contribution >= 0.6 is 0 Å². The molecular weight excluding hydrogens is 234 g/mol. The van der Waals surface area contributed by atoms with E-state index in [4.69, 9.17) is 0 Å². The number of alkyl carbamates (subject to hydrolysis) is 1. The van der Waals surface area contributed by atoms with Crippen molar-refractivity contribution in [2.24, 2.45) is 0 Å². The van der Waals surface area contributed by atoms with Gasteiger partial charge in [-0.25, -0.2) is 4.79 Å². The minimum absolute atomic E-state index is 0. The van der Waals surface area contributed by atoms with Crippen LogP contribution in [0.5, 0.6) is 0 Å². The van der Waals surface area contributed by atoms with Gasteiger partial charge in [-0.2, -0.15) is 5.41 Å². The summed E-state index contributed by atoms with van der Waals surface area (Å²) in [6.07, 6.45) is 0.812. The van der Waals surface area contributed by atoms with Gasteiger partial charge in [-0.3, -0.25) is 0 Å². The fourth-order valence-electron chi connectivity index (χ4n) is 0.161. The number of rotatable bonds is 1. The van der Waals surface area contributed by atoms with Gasteiger partial charge in [-0.05, 0) is 6.20 Å². The number of ether oxygens (including phenoxy) is 1. The summed E-state index contributed by atoms with van der Waals surface area (Å²) in [6.45, 7) is 0. The van der Waals surface area contributed by atoms with E-state index in [1.807, 2.05) is 0 Å². The predicted molar refractivity (Wildman–Crippen MR) is 32.0 cm³/mol. The fraction of sp³-hybridized carbons (Fsp3) is 0.250. The van der Waals surface area contributed by atoms with E-state index in [0.717, 1.165) is 0 Å². The molecule has 0 aliphatic rings. The zero-order valence-electron chi connectivity index (χ0n) is 4.68. The van der Waals surface area contributed by atoms with Crippen LogP contribution in [0.25, 0.3) is 0 Å². The normalized spacial score (nSPS) is 8.11. The summed E-state index contributed by atoms with van der Waals surface area (Å²) in [6, 6.07) is 0. The van der Waals surface area contributed by atoms with Crippen LogP contribution in [0.2, 0.25) is 0 Å². The third-order valence-electron chi connectivity index (χ3n) is 0.455.